The molecule has 50 heavy (non-hydrogen) atoms. The van der Waals surface area contributed by atoms with Crippen molar-refractivity contribution in [1.82, 2.24) is 0 Å². The van der Waals surface area contributed by atoms with E-state index >= 15 is 0 Å². The minimum absolute atomic E-state index is 0.0623. The fourth-order valence-electron chi connectivity index (χ4n) is 7.84. The largest absolute Gasteiger partial charge is 0.209 e. The number of hydrogen-bond donors (Lipinski definition) is 0. The molecule has 0 aromatic heterocycles. The highest BCUT2D eigenvalue weighted by molar-refractivity contribution is 6.06. The van der Waals surface area contributed by atoms with Gasteiger partial charge in [0.1, 0.15) is 13.1 Å². The minimum Gasteiger partial charge on any atom is -0.195 e. The van der Waals surface area contributed by atoms with Gasteiger partial charge in [0.05, 0.1) is 10.8 Å². The van der Waals surface area contributed by atoms with Crippen LogP contribution >= 0.6 is 0 Å². The molecule has 0 N–H and O–H groups in total. The number of hydrogen-bond acceptors (Lipinski definition) is 0. The summed E-state index contributed by atoms with van der Waals surface area (Å²) in [5.41, 5.74) is 13.7. The monoisotopic (exact) mass is 662 g/mol. The first-order chi connectivity index (χ1) is 23.6. The summed E-state index contributed by atoms with van der Waals surface area (Å²) in [5.74, 6) is 0. The van der Waals surface area contributed by atoms with Crippen molar-refractivity contribution in [2.24, 2.45) is 0 Å². The van der Waals surface area contributed by atoms with Crippen molar-refractivity contribution < 1.29 is 9.15 Å². The van der Waals surface area contributed by atoms with Crippen LogP contribution in [0.3, 0.4) is 0 Å². The molecule has 0 saturated carbocycles. The summed E-state index contributed by atoms with van der Waals surface area (Å²) in [6.07, 6.45) is 11.6. The molecule has 4 aromatic rings. The SMILES string of the molecule is CC(C)(C)c1ccc(/C=C/C2=[N+](CCCC[N+]3=C(/C=C/c4ccc(C(C)(C)C)cc4)C(C)(C)c4ccccc43)c3ccccc3C2(C)C)cc1. The fourth-order valence-corrected chi connectivity index (χ4v) is 7.84. The Labute approximate surface area is 302 Å². The van der Waals surface area contributed by atoms with Gasteiger partial charge >= 0.3 is 0 Å². The third-order valence-electron chi connectivity index (χ3n) is 11.0. The van der Waals surface area contributed by atoms with E-state index < -0.39 is 0 Å². The van der Waals surface area contributed by atoms with E-state index in [9.17, 15) is 0 Å². The van der Waals surface area contributed by atoms with Gasteiger partial charge in [-0.25, -0.2) is 0 Å². The lowest BCUT2D eigenvalue weighted by molar-refractivity contribution is -0.451. The third kappa shape index (κ3) is 7.00. The number of benzene rings is 4. The molecule has 2 aliphatic heterocycles. The van der Waals surface area contributed by atoms with E-state index in [1.165, 1.54) is 56.2 Å². The van der Waals surface area contributed by atoms with Crippen LogP contribution in [0.2, 0.25) is 0 Å². The average molecular weight is 663 g/mol. The predicted octanol–water partition coefficient (Wildman–Crippen LogP) is 11.9. The van der Waals surface area contributed by atoms with Crippen LogP contribution in [-0.2, 0) is 21.7 Å². The molecule has 6 rings (SSSR count). The van der Waals surface area contributed by atoms with Crippen LogP contribution in [0.1, 0.15) is 115 Å². The summed E-state index contributed by atoms with van der Waals surface area (Å²) in [5, 5.41) is 0. The molecule has 0 aliphatic carbocycles. The van der Waals surface area contributed by atoms with E-state index in [1.807, 2.05) is 0 Å². The maximum Gasteiger partial charge on any atom is 0.209 e. The van der Waals surface area contributed by atoms with Crippen molar-refractivity contribution in [1.29, 1.82) is 0 Å². The summed E-state index contributed by atoms with van der Waals surface area (Å²) in [6.45, 7) is 25.1. The number of fused-ring (bicyclic) bond motifs is 2. The molecule has 0 spiro atoms. The Morgan fingerprint density at radius 1 is 0.460 bits per heavy atom. The molecule has 0 fully saturated rings. The molecule has 0 saturated heterocycles. The molecule has 2 heteroatoms. The van der Waals surface area contributed by atoms with Crippen molar-refractivity contribution in [3.63, 3.8) is 0 Å². The Kier molecular flexibility index (Phi) is 9.55. The van der Waals surface area contributed by atoms with Crippen molar-refractivity contribution in [2.45, 2.75) is 104 Å². The van der Waals surface area contributed by atoms with E-state index in [2.05, 4.69) is 200 Å². The highest BCUT2D eigenvalue weighted by Crippen LogP contribution is 2.42. The zero-order valence-electron chi connectivity index (χ0n) is 32.3. The zero-order chi connectivity index (χ0) is 35.9. The van der Waals surface area contributed by atoms with Gasteiger partial charge in [-0.2, -0.15) is 9.15 Å². The van der Waals surface area contributed by atoms with Crippen LogP contribution < -0.4 is 0 Å². The van der Waals surface area contributed by atoms with Crippen molar-refractivity contribution in [3.8, 4) is 0 Å². The fraction of sp³-hybridized carbons (Fsp3) is 0.375. The van der Waals surface area contributed by atoms with Gasteiger partial charge in [-0.15, -0.1) is 0 Å². The van der Waals surface area contributed by atoms with E-state index in [0.717, 1.165) is 25.9 Å². The number of rotatable bonds is 9. The second kappa shape index (κ2) is 13.4. The number of para-hydroxylation sites is 2. The van der Waals surface area contributed by atoms with Gasteiger partial charge in [0.2, 0.25) is 11.4 Å². The topological polar surface area (TPSA) is 6.02 Å². The first-order valence-corrected chi connectivity index (χ1v) is 18.6. The highest BCUT2D eigenvalue weighted by Gasteiger charge is 2.45. The van der Waals surface area contributed by atoms with Crippen LogP contribution in [0.4, 0.5) is 11.4 Å². The molecule has 2 nitrogen and oxygen atoms in total. The van der Waals surface area contributed by atoms with E-state index in [-0.39, 0.29) is 21.7 Å². The van der Waals surface area contributed by atoms with Gasteiger partial charge < -0.3 is 0 Å². The van der Waals surface area contributed by atoms with Crippen LogP contribution in [0, 0.1) is 0 Å². The number of nitrogens with zero attached hydrogens (tertiary/aromatic N) is 2. The highest BCUT2D eigenvalue weighted by atomic mass is 15.1. The van der Waals surface area contributed by atoms with Gasteiger partial charge in [-0.1, -0.05) is 126 Å². The van der Waals surface area contributed by atoms with Crippen LogP contribution in [-0.4, -0.2) is 33.7 Å². The average Bonchev–Trinajstić information content (AvgIpc) is 3.42. The maximum atomic E-state index is 2.59. The van der Waals surface area contributed by atoms with Crippen LogP contribution in [0.5, 0.6) is 0 Å². The molecule has 4 aromatic carbocycles. The smallest absolute Gasteiger partial charge is 0.195 e. The summed E-state index contributed by atoms with van der Waals surface area (Å²) in [7, 11) is 0. The predicted molar refractivity (Wildman–Crippen MR) is 216 cm³/mol. The summed E-state index contributed by atoms with van der Waals surface area (Å²) >= 11 is 0. The van der Waals surface area contributed by atoms with Crippen molar-refractivity contribution in [3.05, 3.63) is 143 Å². The summed E-state index contributed by atoms with van der Waals surface area (Å²) < 4.78 is 5.17. The van der Waals surface area contributed by atoms with Gasteiger partial charge in [-0.3, -0.25) is 0 Å². The van der Waals surface area contributed by atoms with Crippen LogP contribution in [0.25, 0.3) is 12.2 Å². The molecule has 2 heterocycles. The van der Waals surface area contributed by atoms with Crippen molar-refractivity contribution in [2.75, 3.05) is 13.1 Å². The molecule has 2 aliphatic rings. The molecule has 258 valence electrons. The lowest BCUT2D eigenvalue weighted by atomic mass is 9.81. The van der Waals surface area contributed by atoms with Crippen LogP contribution in [0.15, 0.2) is 109 Å². The summed E-state index contributed by atoms with van der Waals surface area (Å²) in [6, 6.07) is 36.1. The summed E-state index contributed by atoms with van der Waals surface area (Å²) in [4.78, 5) is 0. The first-order valence-electron chi connectivity index (χ1n) is 18.6. The number of unbranched alkanes of at least 4 members (excludes halogenated alkanes) is 1. The lowest BCUT2D eigenvalue weighted by Gasteiger charge is -2.19. The number of allylic oxidation sites excluding steroid dienone is 2. The van der Waals surface area contributed by atoms with Gasteiger partial charge in [0, 0.05) is 48.3 Å². The zero-order valence-corrected chi connectivity index (χ0v) is 32.3. The molecular weight excluding hydrogens is 605 g/mol. The lowest BCUT2D eigenvalue weighted by Crippen LogP contribution is -2.28. The second-order valence-electron chi connectivity index (χ2n) is 17.5. The Bertz CT molecular complexity index is 1830. The normalized spacial score (nSPS) is 16.9. The molecular formula is C48H58N2+2. The third-order valence-corrected chi connectivity index (χ3v) is 11.0. The quantitative estimate of drug-likeness (QED) is 0.124. The first kappa shape index (κ1) is 35.5. The Morgan fingerprint density at radius 2 is 0.800 bits per heavy atom. The Morgan fingerprint density at radius 3 is 1.14 bits per heavy atom. The molecule has 0 unspecified atom stereocenters. The van der Waals surface area contributed by atoms with E-state index in [0.29, 0.717) is 0 Å². The van der Waals surface area contributed by atoms with Gasteiger partial charge in [0.25, 0.3) is 0 Å². The van der Waals surface area contributed by atoms with E-state index in [1.54, 1.807) is 0 Å². The second-order valence-corrected chi connectivity index (χ2v) is 17.5. The maximum absolute atomic E-state index is 2.59. The van der Waals surface area contributed by atoms with E-state index in [4.69, 9.17) is 0 Å². The minimum atomic E-state index is -0.0623. The molecule has 0 amide bonds. The van der Waals surface area contributed by atoms with Gasteiger partial charge in [-0.05, 0) is 72.9 Å². The Hall–Kier alpha value is -4.30. The molecule has 0 atom stereocenters. The Balaban J connectivity index is 1.25. The van der Waals surface area contributed by atoms with Gasteiger partial charge in [0.15, 0.2) is 11.4 Å². The standard InChI is InChI=1S/C48H58N2/c1-45(2,3)37-27-21-35(22-28-37)25-31-43-47(7,8)39-17-11-13-19-41(39)49(43)33-15-16-34-50-42-20-14-12-18-40(42)48(9,10)44(50)32-26-36-23-29-38(30-24-36)46(4,5)6/h11-14,17-32H,15-16,33-34H2,1-10H3/q+2/b31-25+,32-26+. The molecule has 0 radical (unpaired) electrons. The van der Waals surface area contributed by atoms with Crippen molar-refractivity contribution >= 4 is 35.0 Å². The molecule has 0 bridgehead atoms.